The average molecular weight is 236 g/mol. The van der Waals surface area contributed by atoms with Crippen LogP contribution < -0.4 is 10.1 Å². The molecule has 1 aliphatic rings. The van der Waals surface area contributed by atoms with E-state index >= 15 is 0 Å². The predicted octanol–water partition coefficient (Wildman–Crippen LogP) is 1.80. The van der Waals surface area contributed by atoms with E-state index < -0.39 is 0 Å². The highest BCUT2D eigenvalue weighted by Crippen LogP contribution is 2.25. The molecule has 1 saturated carbocycles. The van der Waals surface area contributed by atoms with Crippen LogP contribution in [0.1, 0.15) is 37.7 Å². The molecule has 94 valence electrons. The van der Waals surface area contributed by atoms with E-state index in [4.69, 9.17) is 4.74 Å². The van der Waals surface area contributed by atoms with Gasteiger partial charge in [0.2, 0.25) is 0 Å². The lowest BCUT2D eigenvalue weighted by molar-refractivity contribution is -0.706. The molecule has 3 N–H and O–H groups in total. The molecule has 0 aliphatic heterocycles. The summed E-state index contributed by atoms with van der Waals surface area (Å²) in [5.74, 6) is 0.786. The third-order valence-corrected chi connectivity index (χ3v) is 3.58. The van der Waals surface area contributed by atoms with Gasteiger partial charge in [-0.3, -0.25) is 0 Å². The number of benzene rings is 1. The van der Waals surface area contributed by atoms with Crippen molar-refractivity contribution in [1.29, 1.82) is 0 Å². The summed E-state index contributed by atoms with van der Waals surface area (Å²) >= 11 is 0. The number of methoxy groups -OCH3 is 1. The average Bonchev–Trinajstić information content (AvgIpc) is 2.39. The van der Waals surface area contributed by atoms with E-state index in [0.29, 0.717) is 5.75 Å². The molecule has 0 heterocycles. The fourth-order valence-electron chi connectivity index (χ4n) is 2.52. The van der Waals surface area contributed by atoms with Crippen LogP contribution in [0.25, 0.3) is 0 Å². The molecule has 0 aromatic heterocycles. The predicted molar refractivity (Wildman–Crippen MR) is 67.2 cm³/mol. The highest BCUT2D eigenvalue weighted by molar-refractivity contribution is 5.41. The number of ether oxygens (including phenoxy) is 1. The monoisotopic (exact) mass is 236 g/mol. The first kappa shape index (κ1) is 12.2. The van der Waals surface area contributed by atoms with Crippen LogP contribution in [0.15, 0.2) is 18.2 Å². The minimum atomic E-state index is 0.217. The molecule has 0 radical (unpaired) electrons. The van der Waals surface area contributed by atoms with Gasteiger partial charge in [0.1, 0.15) is 6.54 Å². The summed E-state index contributed by atoms with van der Waals surface area (Å²) < 4.78 is 5.11. The molecule has 0 spiro atoms. The molecule has 0 amide bonds. The number of phenols is 1. The van der Waals surface area contributed by atoms with Gasteiger partial charge in [-0.05, 0) is 43.9 Å². The number of aromatic hydroxyl groups is 1. The van der Waals surface area contributed by atoms with Crippen molar-refractivity contribution in [3.63, 3.8) is 0 Å². The Morgan fingerprint density at radius 3 is 2.76 bits per heavy atom. The van der Waals surface area contributed by atoms with Gasteiger partial charge < -0.3 is 15.2 Å². The maximum Gasteiger partial charge on any atom is 0.160 e. The first-order chi connectivity index (χ1) is 8.29. The van der Waals surface area contributed by atoms with Gasteiger partial charge in [-0.25, -0.2) is 0 Å². The Hall–Kier alpha value is -1.22. The lowest BCUT2D eigenvalue weighted by Gasteiger charge is -2.20. The van der Waals surface area contributed by atoms with E-state index in [0.717, 1.165) is 12.6 Å². The topological polar surface area (TPSA) is 46.1 Å². The fraction of sp³-hybridized carbons (Fsp3) is 0.571. The Morgan fingerprint density at radius 1 is 1.29 bits per heavy atom. The molecule has 0 unspecified atom stereocenters. The molecule has 0 bridgehead atoms. The van der Waals surface area contributed by atoms with E-state index in [-0.39, 0.29) is 5.75 Å². The largest absolute Gasteiger partial charge is 0.504 e. The molecule has 1 aromatic carbocycles. The molecule has 17 heavy (non-hydrogen) atoms. The van der Waals surface area contributed by atoms with Crippen LogP contribution in [0.4, 0.5) is 0 Å². The molecule has 1 aliphatic carbocycles. The minimum absolute atomic E-state index is 0.217. The SMILES string of the molecule is COc1cc(C[NH2+]C2CCCCC2)ccc1O. The fourth-order valence-corrected chi connectivity index (χ4v) is 2.52. The second-order valence-corrected chi connectivity index (χ2v) is 4.84. The molecule has 0 atom stereocenters. The van der Waals surface area contributed by atoms with Gasteiger partial charge in [-0.1, -0.05) is 6.42 Å². The Balaban J connectivity index is 1.89. The van der Waals surface area contributed by atoms with E-state index in [9.17, 15) is 5.11 Å². The quantitative estimate of drug-likeness (QED) is 0.837. The second-order valence-electron chi connectivity index (χ2n) is 4.84. The van der Waals surface area contributed by atoms with E-state index in [1.54, 1.807) is 13.2 Å². The number of nitrogens with two attached hydrogens (primary N) is 1. The summed E-state index contributed by atoms with van der Waals surface area (Å²) in [6, 6.07) is 6.39. The lowest BCUT2D eigenvalue weighted by Crippen LogP contribution is -2.88. The maximum atomic E-state index is 9.52. The first-order valence-electron chi connectivity index (χ1n) is 6.49. The van der Waals surface area contributed by atoms with Crippen LogP contribution >= 0.6 is 0 Å². The van der Waals surface area contributed by atoms with Gasteiger partial charge in [0.15, 0.2) is 11.5 Å². The van der Waals surface area contributed by atoms with E-state index in [2.05, 4.69) is 5.32 Å². The highest BCUT2D eigenvalue weighted by atomic mass is 16.5. The Labute approximate surface area is 103 Å². The van der Waals surface area contributed by atoms with Crippen LogP contribution in [0.5, 0.6) is 11.5 Å². The van der Waals surface area contributed by atoms with Crippen molar-refractivity contribution in [2.75, 3.05) is 7.11 Å². The van der Waals surface area contributed by atoms with Crippen molar-refractivity contribution in [1.82, 2.24) is 0 Å². The normalized spacial score (nSPS) is 17.0. The number of rotatable bonds is 4. The lowest BCUT2D eigenvalue weighted by atomic mass is 9.95. The Morgan fingerprint density at radius 2 is 2.06 bits per heavy atom. The van der Waals surface area contributed by atoms with Crippen molar-refractivity contribution in [2.45, 2.75) is 44.7 Å². The summed E-state index contributed by atoms with van der Waals surface area (Å²) in [5.41, 5.74) is 1.21. The zero-order valence-electron chi connectivity index (χ0n) is 10.5. The van der Waals surface area contributed by atoms with Crippen LogP contribution in [0.3, 0.4) is 0 Å². The highest BCUT2D eigenvalue weighted by Gasteiger charge is 2.15. The summed E-state index contributed by atoms with van der Waals surface area (Å²) in [6.45, 7) is 0.974. The van der Waals surface area contributed by atoms with Gasteiger partial charge in [0.05, 0.1) is 13.2 Å². The standard InChI is InChI=1S/C14H21NO2/c1-17-14-9-11(7-8-13(14)16)10-15-12-5-3-2-4-6-12/h7-9,12,15-16H,2-6,10H2,1H3/p+1. The van der Waals surface area contributed by atoms with Gasteiger partial charge in [-0.15, -0.1) is 0 Å². The van der Waals surface area contributed by atoms with Gasteiger partial charge in [0.25, 0.3) is 0 Å². The second kappa shape index (κ2) is 5.92. The number of quaternary nitrogens is 1. The third kappa shape index (κ3) is 3.37. The van der Waals surface area contributed by atoms with Crippen molar-refractivity contribution in [3.8, 4) is 11.5 Å². The molecular weight excluding hydrogens is 214 g/mol. The Bertz CT molecular complexity index is 359. The molecular formula is C14H22NO2+. The zero-order chi connectivity index (χ0) is 12.1. The van der Waals surface area contributed by atoms with Crippen molar-refractivity contribution in [3.05, 3.63) is 23.8 Å². The van der Waals surface area contributed by atoms with Crippen molar-refractivity contribution in [2.24, 2.45) is 0 Å². The van der Waals surface area contributed by atoms with E-state index in [1.807, 2.05) is 12.1 Å². The first-order valence-corrected chi connectivity index (χ1v) is 6.49. The molecule has 1 fully saturated rings. The van der Waals surface area contributed by atoms with Crippen molar-refractivity contribution >= 4 is 0 Å². The number of hydrogen-bond donors (Lipinski definition) is 2. The smallest absolute Gasteiger partial charge is 0.160 e. The molecule has 2 rings (SSSR count). The van der Waals surface area contributed by atoms with Gasteiger partial charge in [-0.2, -0.15) is 0 Å². The van der Waals surface area contributed by atoms with Crippen molar-refractivity contribution < 1.29 is 15.2 Å². The van der Waals surface area contributed by atoms with E-state index in [1.165, 1.54) is 37.7 Å². The molecule has 1 aromatic rings. The third-order valence-electron chi connectivity index (χ3n) is 3.58. The molecule has 3 nitrogen and oxygen atoms in total. The molecule has 3 heteroatoms. The minimum Gasteiger partial charge on any atom is -0.504 e. The van der Waals surface area contributed by atoms with Gasteiger partial charge >= 0.3 is 0 Å². The maximum absolute atomic E-state index is 9.52. The Kier molecular flexibility index (Phi) is 4.26. The van der Waals surface area contributed by atoms with Crippen LogP contribution in [-0.4, -0.2) is 18.3 Å². The number of hydrogen-bond acceptors (Lipinski definition) is 2. The number of phenolic OH excluding ortho intramolecular Hbond substituents is 1. The van der Waals surface area contributed by atoms with Crippen LogP contribution in [0, 0.1) is 0 Å². The summed E-state index contributed by atoms with van der Waals surface area (Å²) in [6.07, 6.45) is 6.84. The molecule has 0 saturated heterocycles. The van der Waals surface area contributed by atoms with Crippen LogP contribution in [-0.2, 0) is 6.54 Å². The summed E-state index contributed by atoms with van der Waals surface area (Å²) in [4.78, 5) is 0. The summed E-state index contributed by atoms with van der Waals surface area (Å²) in [5, 5.41) is 11.9. The summed E-state index contributed by atoms with van der Waals surface area (Å²) in [7, 11) is 1.59. The van der Waals surface area contributed by atoms with Gasteiger partial charge in [0, 0.05) is 5.56 Å². The zero-order valence-corrected chi connectivity index (χ0v) is 10.5. The van der Waals surface area contributed by atoms with Crippen LogP contribution in [0.2, 0.25) is 0 Å².